The molecule has 1 unspecified atom stereocenters. The fourth-order valence-corrected chi connectivity index (χ4v) is 4.55. The Morgan fingerprint density at radius 3 is 2.42 bits per heavy atom. The topological polar surface area (TPSA) is 55.3 Å². The normalized spacial score (nSPS) is 15.3. The molecular weight excluding hydrogens is 386 g/mol. The van der Waals surface area contributed by atoms with Gasteiger partial charge in [0.1, 0.15) is 0 Å². The van der Waals surface area contributed by atoms with Crippen LogP contribution in [-0.4, -0.2) is 36.1 Å². The van der Waals surface area contributed by atoms with Gasteiger partial charge in [0.05, 0.1) is 18.7 Å². The Morgan fingerprint density at radius 2 is 1.84 bits per heavy atom. The maximum atomic E-state index is 12.8. The average molecular weight is 424 g/mol. The highest BCUT2D eigenvalue weighted by Crippen LogP contribution is 2.37. The first-order chi connectivity index (χ1) is 14.9. The standard InChI is InChI=1S/C26H37N3O2/c1-7-11-22(25(30)31-6)23-19(5)27-26(29-14-9-8-10-15-29)28-24(23)21-13-12-20(17(2)3)16-18(21)4/h12-13,16-17,22H,7-11,14-15H2,1-6H3. The van der Waals surface area contributed by atoms with Crippen LogP contribution in [0.5, 0.6) is 0 Å². The van der Waals surface area contributed by atoms with Crippen molar-refractivity contribution in [1.29, 1.82) is 0 Å². The Kier molecular flexibility index (Phi) is 7.69. The van der Waals surface area contributed by atoms with E-state index in [1.165, 1.54) is 37.5 Å². The molecule has 1 aliphatic heterocycles. The minimum absolute atomic E-state index is 0.211. The molecule has 1 saturated heterocycles. The van der Waals surface area contributed by atoms with E-state index in [9.17, 15) is 4.79 Å². The van der Waals surface area contributed by atoms with Crippen molar-refractivity contribution in [2.45, 2.75) is 78.6 Å². The zero-order valence-corrected chi connectivity index (χ0v) is 20.0. The number of benzene rings is 1. The first kappa shape index (κ1) is 23.2. The predicted molar refractivity (Wildman–Crippen MR) is 127 cm³/mol. The van der Waals surface area contributed by atoms with Gasteiger partial charge in [0.25, 0.3) is 0 Å². The molecule has 3 rings (SSSR count). The summed E-state index contributed by atoms with van der Waals surface area (Å²) in [6, 6.07) is 6.59. The number of carbonyl (C=O) groups is 1. The number of esters is 1. The SMILES string of the molecule is CCCC(C(=O)OC)c1c(C)nc(N2CCCCC2)nc1-c1ccc(C(C)C)cc1C. The van der Waals surface area contributed by atoms with Crippen molar-refractivity contribution in [3.8, 4) is 11.3 Å². The first-order valence-electron chi connectivity index (χ1n) is 11.7. The monoisotopic (exact) mass is 423 g/mol. The summed E-state index contributed by atoms with van der Waals surface area (Å²) in [5, 5.41) is 0. The van der Waals surface area contributed by atoms with Gasteiger partial charge in [-0.3, -0.25) is 4.79 Å². The Balaban J connectivity index is 2.21. The highest BCUT2D eigenvalue weighted by atomic mass is 16.5. The van der Waals surface area contributed by atoms with Gasteiger partial charge in [0, 0.05) is 29.9 Å². The molecule has 1 aromatic carbocycles. The minimum atomic E-state index is -0.357. The van der Waals surface area contributed by atoms with E-state index in [1.54, 1.807) is 0 Å². The second-order valence-electron chi connectivity index (χ2n) is 9.01. The van der Waals surface area contributed by atoms with Gasteiger partial charge in [0.2, 0.25) is 5.95 Å². The third kappa shape index (κ3) is 5.08. The van der Waals surface area contributed by atoms with Gasteiger partial charge in [-0.1, -0.05) is 45.4 Å². The van der Waals surface area contributed by atoms with Crippen LogP contribution in [0.15, 0.2) is 18.2 Å². The molecule has 1 atom stereocenters. The number of methoxy groups -OCH3 is 1. The molecule has 1 aliphatic rings. The second-order valence-corrected chi connectivity index (χ2v) is 9.01. The van der Waals surface area contributed by atoms with E-state index >= 15 is 0 Å². The van der Waals surface area contributed by atoms with Crippen LogP contribution in [0.2, 0.25) is 0 Å². The van der Waals surface area contributed by atoms with Crippen molar-refractivity contribution >= 4 is 11.9 Å². The smallest absolute Gasteiger partial charge is 0.313 e. The number of piperidine rings is 1. The number of aryl methyl sites for hydroxylation is 2. The lowest BCUT2D eigenvalue weighted by Crippen LogP contribution is -2.31. The third-order valence-corrected chi connectivity index (χ3v) is 6.35. The zero-order chi connectivity index (χ0) is 22.5. The van der Waals surface area contributed by atoms with Crippen LogP contribution in [0.3, 0.4) is 0 Å². The van der Waals surface area contributed by atoms with Gasteiger partial charge < -0.3 is 9.64 Å². The molecule has 168 valence electrons. The molecule has 5 nitrogen and oxygen atoms in total. The molecule has 31 heavy (non-hydrogen) atoms. The zero-order valence-electron chi connectivity index (χ0n) is 20.0. The summed E-state index contributed by atoms with van der Waals surface area (Å²) in [5.74, 6) is 0.677. The summed E-state index contributed by atoms with van der Waals surface area (Å²) in [5.41, 5.74) is 6.23. The molecular formula is C26H37N3O2. The lowest BCUT2D eigenvalue weighted by Gasteiger charge is -2.29. The molecule has 0 radical (unpaired) electrons. The number of hydrogen-bond donors (Lipinski definition) is 0. The summed E-state index contributed by atoms with van der Waals surface area (Å²) in [7, 11) is 1.46. The molecule has 1 fully saturated rings. The van der Waals surface area contributed by atoms with Crippen LogP contribution in [-0.2, 0) is 9.53 Å². The summed E-state index contributed by atoms with van der Waals surface area (Å²) in [6.45, 7) is 12.6. The van der Waals surface area contributed by atoms with E-state index in [4.69, 9.17) is 14.7 Å². The number of carbonyl (C=O) groups excluding carboxylic acids is 1. The van der Waals surface area contributed by atoms with E-state index in [1.807, 2.05) is 6.92 Å². The van der Waals surface area contributed by atoms with Crippen molar-refractivity contribution in [3.05, 3.63) is 40.6 Å². The number of hydrogen-bond acceptors (Lipinski definition) is 5. The van der Waals surface area contributed by atoms with E-state index in [0.29, 0.717) is 5.92 Å². The van der Waals surface area contributed by atoms with Crippen molar-refractivity contribution in [2.75, 3.05) is 25.1 Å². The van der Waals surface area contributed by atoms with Gasteiger partial charge in [-0.25, -0.2) is 9.97 Å². The largest absolute Gasteiger partial charge is 0.469 e. The van der Waals surface area contributed by atoms with Crippen molar-refractivity contribution in [1.82, 2.24) is 9.97 Å². The van der Waals surface area contributed by atoms with Gasteiger partial charge in [-0.05, 0) is 56.6 Å². The molecule has 2 heterocycles. The summed E-state index contributed by atoms with van der Waals surface area (Å²) in [6.07, 6.45) is 5.20. The van der Waals surface area contributed by atoms with Crippen LogP contribution in [0.25, 0.3) is 11.3 Å². The van der Waals surface area contributed by atoms with Crippen LogP contribution in [0.4, 0.5) is 5.95 Å². The maximum Gasteiger partial charge on any atom is 0.313 e. The quantitative estimate of drug-likeness (QED) is 0.517. The lowest BCUT2D eigenvalue weighted by molar-refractivity contribution is -0.142. The van der Waals surface area contributed by atoms with Crippen molar-refractivity contribution in [3.63, 3.8) is 0 Å². The Hall–Kier alpha value is -2.43. The molecule has 0 saturated carbocycles. The lowest BCUT2D eigenvalue weighted by atomic mass is 9.87. The Labute approximate surface area is 187 Å². The number of ether oxygens (including phenoxy) is 1. The van der Waals surface area contributed by atoms with Crippen molar-refractivity contribution < 1.29 is 9.53 Å². The number of nitrogens with zero attached hydrogens (tertiary/aromatic N) is 3. The highest BCUT2D eigenvalue weighted by molar-refractivity contribution is 5.83. The molecule has 0 bridgehead atoms. The van der Waals surface area contributed by atoms with Gasteiger partial charge in [-0.15, -0.1) is 0 Å². The van der Waals surface area contributed by atoms with E-state index < -0.39 is 0 Å². The van der Waals surface area contributed by atoms with Gasteiger partial charge in [0.15, 0.2) is 0 Å². The molecule has 0 aliphatic carbocycles. The molecule has 2 aromatic rings. The molecule has 5 heteroatoms. The van der Waals surface area contributed by atoms with E-state index in [2.05, 4.69) is 50.8 Å². The minimum Gasteiger partial charge on any atom is -0.469 e. The summed E-state index contributed by atoms with van der Waals surface area (Å²) >= 11 is 0. The highest BCUT2D eigenvalue weighted by Gasteiger charge is 2.29. The predicted octanol–water partition coefficient (Wildman–Crippen LogP) is 5.93. The fraction of sp³-hybridized carbons (Fsp3) is 0.577. The summed E-state index contributed by atoms with van der Waals surface area (Å²) < 4.78 is 5.19. The Bertz CT molecular complexity index is 917. The third-order valence-electron chi connectivity index (χ3n) is 6.35. The van der Waals surface area contributed by atoms with Crippen LogP contribution in [0.1, 0.15) is 87.1 Å². The fourth-order valence-electron chi connectivity index (χ4n) is 4.55. The Morgan fingerprint density at radius 1 is 1.13 bits per heavy atom. The van der Waals surface area contributed by atoms with Crippen LogP contribution < -0.4 is 4.90 Å². The summed E-state index contributed by atoms with van der Waals surface area (Å²) in [4.78, 5) is 25.0. The molecule has 0 amide bonds. The molecule has 0 spiro atoms. The first-order valence-corrected chi connectivity index (χ1v) is 11.7. The molecule has 1 aromatic heterocycles. The van der Waals surface area contributed by atoms with Crippen LogP contribution in [0, 0.1) is 13.8 Å². The van der Waals surface area contributed by atoms with Gasteiger partial charge in [-0.2, -0.15) is 0 Å². The second kappa shape index (κ2) is 10.3. The van der Waals surface area contributed by atoms with Gasteiger partial charge >= 0.3 is 5.97 Å². The van der Waals surface area contributed by atoms with E-state index in [0.717, 1.165) is 54.4 Å². The number of aromatic nitrogens is 2. The maximum absolute atomic E-state index is 12.8. The average Bonchev–Trinajstić information content (AvgIpc) is 2.77. The number of anilines is 1. The van der Waals surface area contributed by atoms with E-state index in [-0.39, 0.29) is 11.9 Å². The molecule has 0 N–H and O–H groups in total. The van der Waals surface area contributed by atoms with Crippen LogP contribution >= 0.6 is 0 Å². The number of rotatable bonds is 7. The van der Waals surface area contributed by atoms with Crippen molar-refractivity contribution in [2.24, 2.45) is 0 Å².